The lowest BCUT2D eigenvalue weighted by Crippen LogP contribution is -2.21. The fourth-order valence-corrected chi connectivity index (χ4v) is 2.21. The molecule has 1 aromatic heterocycles. The van der Waals surface area contributed by atoms with Gasteiger partial charge >= 0.3 is 0 Å². The molecule has 0 aliphatic carbocycles. The molecule has 0 bridgehead atoms. The second-order valence-corrected chi connectivity index (χ2v) is 4.24. The maximum atomic E-state index is 4.15. The average Bonchev–Trinajstić information content (AvgIpc) is 2.77. The predicted molar refractivity (Wildman–Crippen MR) is 57.2 cm³/mol. The van der Waals surface area contributed by atoms with Crippen molar-refractivity contribution in [3.05, 3.63) is 18.2 Å². The number of aryl methyl sites for hydroxylation is 1. The lowest BCUT2D eigenvalue weighted by atomic mass is 10.1. The van der Waals surface area contributed by atoms with E-state index in [0.29, 0.717) is 0 Å². The van der Waals surface area contributed by atoms with E-state index in [4.69, 9.17) is 0 Å². The first-order valence-corrected chi connectivity index (χ1v) is 5.48. The highest BCUT2D eigenvalue weighted by atomic mass is 15.2. The second kappa shape index (κ2) is 4.13. The van der Waals surface area contributed by atoms with Crippen LogP contribution in [0.15, 0.2) is 12.5 Å². The number of rotatable bonds is 3. The first kappa shape index (κ1) is 9.71. The SMILES string of the molecule is CCN1CCC(Cn2cncc2C)C1. The summed E-state index contributed by atoms with van der Waals surface area (Å²) in [5.41, 5.74) is 1.28. The maximum absolute atomic E-state index is 4.15. The zero-order chi connectivity index (χ0) is 9.97. The van der Waals surface area contributed by atoms with Crippen molar-refractivity contribution in [3.63, 3.8) is 0 Å². The van der Waals surface area contributed by atoms with E-state index >= 15 is 0 Å². The molecule has 0 N–H and O–H groups in total. The van der Waals surface area contributed by atoms with Gasteiger partial charge in [-0.25, -0.2) is 4.98 Å². The molecule has 78 valence electrons. The molecule has 1 saturated heterocycles. The quantitative estimate of drug-likeness (QED) is 0.726. The molecular formula is C11H19N3. The Labute approximate surface area is 85.7 Å². The summed E-state index contributed by atoms with van der Waals surface area (Å²) in [6.45, 7) is 9.23. The molecule has 14 heavy (non-hydrogen) atoms. The summed E-state index contributed by atoms with van der Waals surface area (Å²) in [4.78, 5) is 6.68. The minimum atomic E-state index is 0.822. The van der Waals surface area contributed by atoms with Crippen LogP contribution >= 0.6 is 0 Å². The van der Waals surface area contributed by atoms with Crippen LogP contribution in [-0.2, 0) is 6.54 Å². The Kier molecular flexibility index (Phi) is 2.87. The van der Waals surface area contributed by atoms with E-state index in [9.17, 15) is 0 Å². The zero-order valence-corrected chi connectivity index (χ0v) is 9.11. The standard InChI is InChI=1S/C11H19N3/c1-3-13-5-4-11(7-13)8-14-9-12-6-10(14)2/h6,9,11H,3-5,7-8H2,1-2H3. The molecule has 1 atom stereocenters. The Bertz CT molecular complexity index is 292. The van der Waals surface area contributed by atoms with Crippen molar-refractivity contribution in [2.45, 2.75) is 26.8 Å². The van der Waals surface area contributed by atoms with Gasteiger partial charge in [-0.1, -0.05) is 6.92 Å². The predicted octanol–water partition coefficient (Wildman–Crippen LogP) is 1.53. The van der Waals surface area contributed by atoms with Crippen molar-refractivity contribution in [3.8, 4) is 0 Å². The molecule has 2 heterocycles. The van der Waals surface area contributed by atoms with Crippen molar-refractivity contribution in [1.29, 1.82) is 0 Å². The average molecular weight is 193 g/mol. The number of imidazole rings is 1. The highest BCUT2D eigenvalue weighted by molar-refractivity contribution is 4.94. The largest absolute Gasteiger partial charge is 0.335 e. The molecule has 1 aliphatic rings. The smallest absolute Gasteiger partial charge is 0.0948 e. The molecular weight excluding hydrogens is 174 g/mol. The second-order valence-electron chi connectivity index (χ2n) is 4.24. The summed E-state index contributed by atoms with van der Waals surface area (Å²) in [6, 6.07) is 0. The van der Waals surface area contributed by atoms with Crippen LogP contribution in [0.25, 0.3) is 0 Å². The van der Waals surface area contributed by atoms with E-state index in [-0.39, 0.29) is 0 Å². The van der Waals surface area contributed by atoms with Gasteiger partial charge in [0, 0.05) is 25.0 Å². The third-order valence-electron chi connectivity index (χ3n) is 3.19. The van der Waals surface area contributed by atoms with E-state index in [0.717, 1.165) is 12.5 Å². The van der Waals surface area contributed by atoms with Crippen molar-refractivity contribution < 1.29 is 0 Å². The van der Waals surface area contributed by atoms with Crippen LogP contribution in [0.2, 0.25) is 0 Å². The van der Waals surface area contributed by atoms with E-state index in [2.05, 4.69) is 28.3 Å². The number of aromatic nitrogens is 2. The number of hydrogen-bond acceptors (Lipinski definition) is 2. The van der Waals surface area contributed by atoms with Crippen molar-refractivity contribution >= 4 is 0 Å². The summed E-state index contributed by atoms with van der Waals surface area (Å²) in [7, 11) is 0. The fraction of sp³-hybridized carbons (Fsp3) is 0.727. The zero-order valence-electron chi connectivity index (χ0n) is 9.11. The van der Waals surface area contributed by atoms with Crippen LogP contribution in [0, 0.1) is 12.8 Å². The van der Waals surface area contributed by atoms with Crippen LogP contribution < -0.4 is 0 Å². The summed E-state index contributed by atoms with van der Waals surface area (Å²) < 4.78 is 2.27. The van der Waals surface area contributed by atoms with Gasteiger partial charge < -0.3 is 9.47 Å². The molecule has 2 rings (SSSR count). The van der Waals surface area contributed by atoms with Crippen molar-refractivity contribution in [2.24, 2.45) is 5.92 Å². The molecule has 1 aliphatic heterocycles. The topological polar surface area (TPSA) is 21.1 Å². The summed E-state index contributed by atoms with van der Waals surface area (Å²) in [6.07, 6.45) is 5.22. The first-order chi connectivity index (χ1) is 6.79. The van der Waals surface area contributed by atoms with Gasteiger partial charge in [0.05, 0.1) is 6.33 Å². The highest BCUT2D eigenvalue weighted by Gasteiger charge is 2.21. The molecule has 0 saturated carbocycles. The van der Waals surface area contributed by atoms with Gasteiger partial charge in [-0.15, -0.1) is 0 Å². The summed E-state index contributed by atoms with van der Waals surface area (Å²) >= 11 is 0. The van der Waals surface area contributed by atoms with E-state index in [1.807, 2.05) is 12.5 Å². The molecule has 1 fully saturated rings. The third kappa shape index (κ3) is 1.98. The molecule has 3 nitrogen and oxygen atoms in total. The number of likely N-dealkylation sites (tertiary alicyclic amines) is 1. The van der Waals surface area contributed by atoms with Crippen molar-refractivity contribution in [1.82, 2.24) is 14.5 Å². The molecule has 1 unspecified atom stereocenters. The van der Waals surface area contributed by atoms with Crippen LogP contribution in [0.5, 0.6) is 0 Å². The van der Waals surface area contributed by atoms with Gasteiger partial charge in [0.1, 0.15) is 0 Å². The number of nitrogens with zero attached hydrogens (tertiary/aromatic N) is 3. The van der Waals surface area contributed by atoms with Gasteiger partial charge in [-0.2, -0.15) is 0 Å². The molecule has 1 aromatic rings. The normalized spacial score (nSPS) is 23.1. The van der Waals surface area contributed by atoms with Gasteiger partial charge in [-0.3, -0.25) is 0 Å². The van der Waals surface area contributed by atoms with Gasteiger partial charge in [0.15, 0.2) is 0 Å². The Morgan fingerprint density at radius 2 is 2.43 bits per heavy atom. The Hall–Kier alpha value is -0.830. The molecule has 0 amide bonds. The molecule has 0 spiro atoms. The maximum Gasteiger partial charge on any atom is 0.0948 e. The third-order valence-corrected chi connectivity index (χ3v) is 3.19. The van der Waals surface area contributed by atoms with Crippen LogP contribution in [0.3, 0.4) is 0 Å². The monoisotopic (exact) mass is 193 g/mol. The van der Waals surface area contributed by atoms with Gasteiger partial charge in [-0.05, 0) is 32.4 Å². The first-order valence-electron chi connectivity index (χ1n) is 5.48. The van der Waals surface area contributed by atoms with Gasteiger partial charge in [0.25, 0.3) is 0 Å². The van der Waals surface area contributed by atoms with Crippen molar-refractivity contribution in [2.75, 3.05) is 19.6 Å². The fourth-order valence-electron chi connectivity index (χ4n) is 2.21. The minimum Gasteiger partial charge on any atom is -0.335 e. The Morgan fingerprint density at radius 1 is 1.57 bits per heavy atom. The molecule has 3 heteroatoms. The minimum absolute atomic E-state index is 0.822. The molecule has 0 aromatic carbocycles. The Balaban J connectivity index is 1.90. The Morgan fingerprint density at radius 3 is 3.00 bits per heavy atom. The lowest BCUT2D eigenvalue weighted by Gasteiger charge is -2.14. The molecule has 0 radical (unpaired) electrons. The number of hydrogen-bond donors (Lipinski definition) is 0. The van der Waals surface area contributed by atoms with Gasteiger partial charge in [0.2, 0.25) is 0 Å². The highest BCUT2D eigenvalue weighted by Crippen LogP contribution is 2.18. The van der Waals surface area contributed by atoms with Crippen LogP contribution in [0.4, 0.5) is 0 Å². The lowest BCUT2D eigenvalue weighted by molar-refractivity contribution is 0.332. The van der Waals surface area contributed by atoms with Crippen LogP contribution in [-0.4, -0.2) is 34.1 Å². The van der Waals surface area contributed by atoms with E-state index in [1.54, 1.807) is 0 Å². The van der Waals surface area contributed by atoms with E-state index in [1.165, 1.54) is 31.7 Å². The summed E-state index contributed by atoms with van der Waals surface area (Å²) in [5, 5.41) is 0. The van der Waals surface area contributed by atoms with E-state index < -0.39 is 0 Å². The summed E-state index contributed by atoms with van der Waals surface area (Å²) in [5.74, 6) is 0.822. The van der Waals surface area contributed by atoms with Crippen LogP contribution in [0.1, 0.15) is 19.0 Å².